The molecule has 3 aromatic rings. The number of thioether (sulfide) groups is 1. The van der Waals surface area contributed by atoms with Gasteiger partial charge in [0.25, 0.3) is 5.91 Å². The van der Waals surface area contributed by atoms with Crippen molar-refractivity contribution in [2.24, 2.45) is 0 Å². The first kappa shape index (κ1) is 27.0. The van der Waals surface area contributed by atoms with Crippen molar-refractivity contribution in [3.8, 4) is 0 Å². The summed E-state index contributed by atoms with van der Waals surface area (Å²) in [7, 11) is 1.54. The van der Waals surface area contributed by atoms with Crippen molar-refractivity contribution in [3.63, 3.8) is 0 Å². The average molecular weight is 563 g/mol. The third-order valence-corrected chi connectivity index (χ3v) is 8.66. The Hall–Kier alpha value is -3.59. The number of carbonyl (C=O) groups is 3. The van der Waals surface area contributed by atoms with E-state index in [2.05, 4.69) is 5.32 Å². The third kappa shape index (κ3) is 5.45. The summed E-state index contributed by atoms with van der Waals surface area (Å²) >= 11 is 7.56. The van der Waals surface area contributed by atoms with Gasteiger partial charge in [0.2, 0.25) is 5.91 Å². The van der Waals surface area contributed by atoms with E-state index in [4.69, 9.17) is 21.1 Å². The maximum Gasteiger partial charge on any atom is 0.356 e. The lowest BCUT2D eigenvalue weighted by Gasteiger charge is -2.51. The number of esters is 1. The molecule has 0 unspecified atom stereocenters. The second-order valence-electron chi connectivity index (χ2n) is 9.25. The van der Waals surface area contributed by atoms with Gasteiger partial charge in [-0.05, 0) is 35.3 Å². The van der Waals surface area contributed by atoms with Gasteiger partial charge in [0.15, 0.2) is 6.10 Å². The highest BCUT2D eigenvalue weighted by molar-refractivity contribution is 8.00. The number of benzene rings is 3. The van der Waals surface area contributed by atoms with Crippen LogP contribution in [-0.2, 0) is 30.3 Å². The molecule has 1 saturated heterocycles. The number of nitrogens with zero attached hydrogens (tertiary/aromatic N) is 1. The number of carbonyl (C=O) groups excluding carboxylic acids is 3. The molecule has 2 aliphatic rings. The fourth-order valence-electron chi connectivity index (χ4n) is 4.78. The van der Waals surface area contributed by atoms with Crippen LogP contribution in [0.5, 0.6) is 0 Å². The molecule has 2 aliphatic heterocycles. The number of fused-ring (bicyclic) bond motifs is 1. The normalized spacial score (nSPS) is 20.4. The maximum absolute atomic E-state index is 13.7. The number of hydrogen-bond donors (Lipinski definition) is 1. The van der Waals surface area contributed by atoms with Crippen molar-refractivity contribution in [1.82, 2.24) is 10.2 Å². The van der Waals surface area contributed by atoms with Crippen molar-refractivity contribution < 1.29 is 23.9 Å². The number of amides is 2. The Morgan fingerprint density at radius 1 is 0.974 bits per heavy atom. The molecule has 0 aliphatic carbocycles. The average Bonchev–Trinajstić information content (AvgIpc) is 2.96. The topological polar surface area (TPSA) is 84.9 Å². The van der Waals surface area contributed by atoms with E-state index >= 15 is 0 Å². The molecule has 0 aromatic heterocycles. The summed E-state index contributed by atoms with van der Waals surface area (Å²) in [6, 6.07) is 25.1. The first-order valence-corrected chi connectivity index (χ1v) is 13.8. The van der Waals surface area contributed by atoms with Gasteiger partial charge in [-0.25, -0.2) is 4.79 Å². The Balaban J connectivity index is 1.37. The van der Waals surface area contributed by atoms with E-state index < -0.39 is 28.9 Å². The molecule has 3 atom stereocenters. The van der Waals surface area contributed by atoms with Crippen LogP contribution in [0.1, 0.15) is 29.7 Å². The number of ether oxygens (including phenoxy) is 2. The predicted molar refractivity (Wildman–Crippen MR) is 150 cm³/mol. The number of β-lactam (4-membered cyclic amide) rings is 1. The summed E-state index contributed by atoms with van der Waals surface area (Å²) in [5.74, 6) is -1.34. The van der Waals surface area contributed by atoms with Crippen LogP contribution in [0, 0.1) is 0 Å². The number of nitrogens with one attached hydrogen (secondary N) is 1. The minimum Gasteiger partial charge on any atom is -0.448 e. The largest absolute Gasteiger partial charge is 0.448 e. The third-order valence-electron chi connectivity index (χ3n) is 6.74. The van der Waals surface area contributed by atoms with Crippen molar-refractivity contribution >= 4 is 41.1 Å². The Morgan fingerprint density at radius 2 is 1.56 bits per heavy atom. The van der Waals surface area contributed by atoms with Crippen LogP contribution in [0.25, 0.3) is 0 Å². The minimum atomic E-state index is -0.808. The Bertz CT molecular complexity index is 1380. The Labute approximate surface area is 236 Å². The zero-order valence-corrected chi connectivity index (χ0v) is 22.9. The van der Waals surface area contributed by atoms with E-state index in [9.17, 15) is 14.4 Å². The highest BCUT2D eigenvalue weighted by Gasteiger charge is 2.56. The second-order valence-corrected chi connectivity index (χ2v) is 10.8. The van der Waals surface area contributed by atoms with Crippen LogP contribution in [0.15, 0.2) is 96.2 Å². The van der Waals surface area contributed by atoms with Gasteiger partial charge in [0.1, 0.15) is 22.5 Å². The monoisotopic (exact) mass is 562 g/mol. The molecule has 1 fully saturated rings. The highest BCUT2D eigenvalue weighted by Crippen LogP contribution is 2.45. The SMILES string of the molecule is CO[C@H]1S[C@@H]2[C@@H](NC(=O)Cc3ccccc3Cl)C(=O)N2C(C(=O)OC(c2ccccc2)c2ccccc2)=C1C. The molecule has 5 rings (SSSR count). The lowest BCUT2D eigenvalue weighted by atomic mass is 10.0. The molecule has 9 heteroatoms. The number of halogens is 1. The summed E-state index contributed by atoms with van der Waals surface area (Å²) in [6.07, 6.45) is -0.634. The lowest BCUT2D eigenvalue weighted by Crippen LogP contribution is -2.71. The quantitative estimate of drug-likeness (QED) is 0.312. The summed E-state index contributed by atoms with van der Waals surface area (Å²) in [5, 5.41) is 2.78. The molecule has 3 aromatic carbocycles. The van der Waals surface area contributed by atoms with Crippen LogP contribution in [-0.4, -0.2) is 46.6 Å². The molecular weight excluding hydrogens is 536 g/mol. The molecule has 2 heterocycles. The van der Waals surface area contributed by atoms with Gasteiger partial charge in [0, 0.05) is 12.1 Å². The molecule has 39 heavy (non-hydrogen) atoms. The molecule has 7 nitrogen and oxygen atoms in total. The van der Waals surface area contributed by atoms with E-state index in [1.165, 1.54) is 16.7 Å². The van der Waals surface area contributed by atoms with Crippen LogP contribution < -0.4 is 5.32 Å². The van der Waals surface area contributed by atoms with Crippen LogP contribution in [0.4, 0.5) is 0 Å². The summed E-state index contributed by atoms with van der Waals surface area (Å²) < 4.78 is 11.7. The minimum absolute atomic E-state index is 0.0359. The predicted octanol–water partition coefficient (Wildman–Crippen LogP) is 4.86. The maximum atomic E-state index is 13.7. The molecule has 1 N–H and O–H groups in total. The molecule has 0 bridgehead atoms. The first-order valence-electron chi connectivity index (χ1n) is 12.4. The van der Waals surface area contributed by atoms with Crippen LogP contribution in [0.3, 0.4) is 0 Å². The van der Waals surface area contributed by atoms with Crippen molar-refractivity contribution in [2.75, 3.05) is 7.11 Å². The number of hydrogen-bond acceptors (Lipinski definition) is 6. The fraction of sp³-hybridized carbons (Fsp3) is 0.233. The number of rotatable bonds is 8. The van der Waals surface area contributed by atoms with Crippen LogP contribution in [0.2, 0.25) is 5.02 Å². The molecule has 200 valence electrons. The zero-order chi connectivity index (χ0) is 27.5. The van der Waals surface area contributed by atoms with Crippen molar-refractivity contribution in [3.05, 3.63) is 118 Å². The van der Waals surface area contributed by atoms with Gasteiger partial charge in [-0.3, -0.25) is 14.5 Å². The van der Waals surface area contributed by atoms with Gasteiger partial charge >= 0.3 is 5.97 Å². The first-order chi connectivity index (χ1) is 18.9. The molecule has 0 radical (unpaired) electrons. The summed E-state index contributed by atoms with van der Waals surface area (Å²) in [4.78, 5) is 41.3. The van der Waals surface area contributed by atoms with Crippen LogP contribution >= 0.6 is 23.4 Å². The standard InChI is InChI=1S/C30H27ClN2O5S/c1-18-25(29(36)38-26(19-11-5-3-6-12-19)20-13-7-4-8-14-20)33-27(35)24(28(33)39-30(18)37-2)32-23(34)17-21-15-9-10-16-22(21)31/h3-16,24,26,28,30H,17H2,1-2H3,(H,32,34)/t24-,28+,30-/m0/s1. The fourth-order valence-corrected chi connectivity index (χ4v) is 6.34. The summed E-state index contributed by atoms with van der Waals surface area (Å²) in [5.41, 5.74) is 2.51. The van der Waals surface area contributed by atoms with E-state index in [-0.39, 0.29) is 23.9 Å². The van der Waals surface area contributed by atoms with E-state index in [0.717, 1.165) is 11.1 Å². The van der Waals surface area contributed by atoms with Gasteiger partial charge in [0.05, 0.1) is 6.42 Å². The number of methoxy groups -OCH3 is 1. The Morgan fingerprint density at radius 3 is 2.15 bits per heavy atom. The van der Waals surface area contributed by atoms with E-state index in [1.807, 2.05) is 60.7 Å². The van der Waals surface area contributed by atoms with Crippen molar-refractivity contribution in [1.29, 1.82) is 0 Å². The Kier molecular flexibility index (Phi) is 8.07. The van der Waals surface area contributed by atoms with Gasteiger partial charge in [-0.15, -0.1) is 0 Å². The summed E-state index contributed by atoms with van der Waals surface area (Å²) in [6.45, 7) is 1.75. The van der Waals surface area contributed by atoms with Gasteiger partial charge in [-0.2, -0.15) is 0 Å². The van der Waals surface area contributed by atoms with E-state index in [0.29, 0.717) is 16.2 Å². The van der Waals surface area contributed by atoms with Gasteiger partial charge in [-0.1, -0.05) is 102 Å². The molecule has 2 amide bonds. The molecular formula is C30H27ClN2O5S. The highest BCUT2D eigenvalue weighted by atomic mass is 35.5. The van der Waals surface area contributed by atoms with Crippen molar-refractivity contribution in [2.45, 2.75) is 36.3 Å². The van der Waals surface area contributed by atoms with Gasteiger partial charge < -0.3 is 14.8 Å². The van der Waals surface area contributed by atoms with E-state index in [1.54, 1.807) is 38.3 Å². The lowest BCUT2D eigenvalue weighted by molar-refractivity contribution is -0.155. The zero-order valence-electron chi connectivity index (χ0n) is 21.4. The molecule has 0 saturated carbocycles. The molecule has 0 spiro atoms. The smallest absolute Gasteiger partial charge is 0.356 e. The second kappa shape index (κ2) is 11.7.